The second kappa shape index (κ2) is 4.70. The zero-order valence-corrected chi connectivity index (χ0v) is 12.2. The first-order valence-electron chi connectivity index (χ1n) is 7.11. The summed E-state index contributed by atoms with van der Waals surface area (Å²) in [6, 6.07) is 8.75. The van der Waals surface area contributed by atoms with Crippen LogP contribution in [0.5, 0.6) is 0 Å². The molecule has 1 aliphatic carbocycles. The lowest BCUT2D eigenvalue weighted by atomic mass is 9.86. The average molecular weight is 246 g/mol. The van der Waals surface area contributed by atoms with E-state index in [1.807, 2.05) is 0 Å². The molecule has 18 heavy (non-hydrogen) atoms. The number of benzene rings is 1. The first-order chi connectivity index (χ1) is 8.30. The molecule has 1 saturated carbocycles. The van der Waals surface area contributed by atoms with Gasteiger partial charge in [0.05, 0.1) is 5.60 Å². The molecule has 1 N–H and O–H groups in total. The van der Waals surface area contributed by atoms with Gasteiger partial charge in [0, 0.05) is 6.42 Å². The molecular weight excluding hydrogens is 220 g/mol. The van der Waals surface area contributed by atoms with Gasteiger partial charge in [-0.3, -0.25) is 0 Å². The maximum atomic E-state index is 10.7. The van der Waals surface area contributed by atoms with E-state index in [0.717, 1.165) is 25.7 Å². The quantitative estimate of drug-likeness (QED) is 0.843. The van der Waals surface area contributed by atoms with Crippen LogP contribution in [0.1, 0.15) is 64.0 Å². The highest BCUT2D eigenvalue weighted by Gasteiger charge is 2.41. The monoisotopic (exact) mass is 246 g/mol. The predicted octanol–water partition coefficient (Wildman–Crippen LogP) is 4.29. The van der Waals surface area contributed by atoms with Gasteiger partial charge in [0.1, 0.15) is 0 Å². The Balaban J connectivity index is 2.06. The van der Waals surface area contributed by atoms with Crippen LogP contribution in [0.25, 0.3) is 0 Å². The SMILES string of the molecule is CC(C)c1ccc(CC2(O)CCC(C)(C)C2)cc1. The summed E-state index contributed by atoms with van der Waals surface area (Å²) in [5.74, 6) is 0.576. The standard InChI is InChI=1S/C17H26O/c1-13(2)15-7-5-14(6-8-15)11-17(18)10-9-16(3,4)12-17/h5-8,13,18H,9-12H2,1-4H3. The zero-order chi connectivity index (χ0) is 13.4. The summed E-state index contributed by atoms with van der Waals surface area (Å²) in [4.78, 5) is 0. The van der Waals surface area contributed by atoms with E-state index >= 15 is 0 Å². The van der Waals surface area contributed by atoms with E-state index in [2.05, 4.69) is 52.0 Å². The molecule has 0 spiro atoms. The van der Waals surface area contributed by atoms with E-state index < -0.39 is 5.60 Å². The summed E-state index contributed by atoms with van der Waals surface area (Å²) in [5.41, 5.74) is 2.45. The highest BCUT2D eigenvalue weighted by molar-refractivity contribution is 5.26. The van der Waals surface area contributed by atoms with Crippen LogP contribution in [0.2, 0.25) is 0 Å². The van der Waals surface area contributed by atoms with Crippen LogP contribution in [0.15, 0.2) is 24.3 Å². The van der Waals surface area contributed by atoms with Crippen molar-refractivity contribution < 1.29 is 5.11 Å². The smallest absolute Gasteiger partial charge is 0.0693 e. The van der Waals surface area contributed by atoms with Crippen LogP contribution < -0.4 is 0 Å². The molecule has 0 aliphatic heterocycles. The van der Waals surface area contributed by atoms with Crippen molar-refractivity contribution >= 4 is 0 Å². The van der Waals surface area contributed by atoms with Gasteiger partial charge in [-0.25, -0.2) is 0 Å². The lowest BCUT2D eigenvalue weighted by Gasteiger charge is -2.25. The Hall–Kier alpha value is -0.820. The van der Waals surface area contributed by atoms with E-state index in [1.54, 1.807) is 0 Å². The van der Waals surface area contributed by atoms with Gasteiger partial charge in [-0.1, -0.05) is 52.0 Å². The van der Waals surface area contributed by atoms with E-state index in [4.69, 9.17) is 0 Å². The van der Waals surface area contributed by atoms with Crippen molar-refractivity contribution in [1.82, 2.24) is 0 Å². The lowest BCUT2D eigenvalue weighted by molar-refractivity contribution is 0.0379. The van der Waals surface area contributed by atoms with Crippen LogP contribution in [0.3, 0.4) is 0 Å². The maximum Gasteiger partial charge on any atom is 0.0693 e. The summed E-state index contributed by atoms with van der Waals surface area (Å²) in [6.07, 6.45) is 3.79. The minimum Gasteiger partial charge on any atom is -0.390 e. The molecule has 0 bridgehead atoms. The molecule has 2 rings (SSSR count). The van der Waals surface area contributed by atoms with Gasteiger partial charge >= 0.3 is 0 Å². The second-order valence-electron chi connectivity index (χ2n) is 7.14. The third-order valence-corrected chi connectivity index (χ3v) is 4.25. The van der Waals surface area contributed by atoms with Gasteiger partial charge in [0.25, 0.3) is 0 Å². The third kappa shape index (κ3) is 3.14. The molecule has 0 heterocycles. The molecule has 0 amide bonds. The highest BCUT2D eigenvalue weighted by Crippen LogP contribution is 2.44. The molecule has 1 unspecified atom stereocenters. The predicted molar refractivity (Wildman–Crippen MR) is 76.8 cm³/mol. The van der Waals surface area contributed by atoms with E-state index in [0.29, 0.717) is 11.3 Å². The molecule has 1 atom stereocenters. The van der Waals surface area contributed by atoms with Crippen LogP contribution in [-0.2, 0) is 6.42 Å². The summed E-state index contributed by atoms with van der Waals surface area (Å²) in [7, 11) is 0. The van der Waals surface area contributed by atoms with Crippen molar-refractivity contribution in [2.24, 2.45) is 5.41 Å². The topological polar surface area (TPSA) is 20.2 Å². The molecule has 0 saturated heterocycles. The normalized spacial score (nSPS) is 26.8. The molecule has 1 heteroatoms. The van der Waals surface area contributed by atoms with Gasteiger partial charge in [-0.05, 0) is 41.7 Å². The first-order valence-corrected chi connectivity index (χ1v) is 7.11. The molecule has 1 aromatic carbocycles. The van der Waals surface area contributed by atoms with Gasteiger partial charge in [0.15, 0.2) is 0 Å². The average Bonchev–Trinajstić information content (AvgIpc) is 2.53. The first kappa shape index (κ1) is 13.6. The van der Waals surface area contributed by atoms with Crippen molar-refractivity contribution in [3.8, 4) is 0 Å². The lowest BCUT2D eigenvalue weighted by Crippen LogP contribution is -2.29. The Kier molecular flexibility index (Phi) is 3.55. The summed E-state index contributed by atoms with van der Waals surface area (Å²) >= 11 is 0. The second-order valence-corrected chi connectivity index (χ2v) is 7.14. The van der Waals surface area contributed by atoms with Crippen molar-refractivity contribution in [2.45, 2.75) is 64.9 Å². The van der Waals surface area contributed by atoms with Crippen molar-refractivity contribution in [2.75, 3.05) is 0 Å². The van der Waals surface area contributed by atoms with E-state index in [-0.39, 0.29) is 0 Å². The maximum absolute atomic E-state index is 10.7. The Morgan fingerprint density at radius 1 is 1.11 bits per heavy atom. The number of rotatable bonds is 3. The zero-order valence-electron chi connectivity index (χ0n) is 12.2. The Labute approximate surface area is 111 Å². The molecule has 0 aromatic heterocycles. The van der Waals surface area contributed by atoms with Crippen LogP contribution in [0.4, 0.5) is 0 Å². The molecule has 100 valence electrons. The minimum atomic E-state index is -0.483. The molecule has 1 nitrogen and oxygen atoms in total. The van der Waals surface area contributed by atoms with Gasteiger partial charge < -0.3 is 5.11 Å². The Bertz CT molecular complexity index is 402. The van der Waals surface area contributed by atoms with Gasteiger partial charge in [-0.15, -0.1) is 0 Å². The largest absolute Gasteiger partial charge is 0.390 e. The summed E-state index contributed by atoms with van der Waals surface area (Å²) < 4.78 is 0. The summed E-state index contributed by atoms with van der Waals surface area (Å²) in [5, 5.41) is 10.7. The van der Waals surface area contributed by atoms with Crippen molar-refractivity contribution in [3.05, 3.63) is 35.4 Å². The number of hydrogen-bond donors (Lipinski definition) is 1. The molecule has 1 aliphatic rings. The van der Waals surface area contributed by atoms with Crippen molar-refractivity contribution in [1.29, 1.82) is 0 Å². The molecular formula is C17H26O. The molecule has 0 radical (unpaired) electrons. The Morgan fingerprint density at radius 2 is 1.72 bits per heavy atom. The fourth-order valence-corrected chi connectivity index (χ4v) is 3.19. The minimum absolute atomic E-state index is 0.298. The molecule has 1 fully saturated rings. The number of hydrogen-bond acceptors (Lipinski definition) is 1. The van der Waals surface area contributed by atoms with Crippen LogP contribution in [-0.4, -0.2) is 10.7 Å². The third-order valence-electron chi connectivity index (χ3n) is 4.25. The van der Waals surface area contributed by atoms with Gasteiger partial charge in [0.2, 0.25) is 0 Å². The van der Waals surface area contributed by atoms with Crippen LogP contribution >= 0.6 is 0 Å². The summed E-state index contributed by atoms with van der Waals surface area (Å²) in [6.45, 7) is 8.93. The number of aliphatic hydroxyl groups is 1. The Morgan fingerprint density at radius 3 is 2.17 bits per heavy atom. The van der Waals surface area contributed by atoms with E-state index in [9.17, 15) is 5.11 Å². The van der Waals surface area contributed by atoms with Crippen molar-refractivity contribution in [3.63, 3.8) is 0 Å². The molecule has 1 aromatic rings. The van der Waals surface area contributed by atoms with Crippen LogP contribution in [0, 0.1) is 5.41 Å². The van der Waals surface area contributed by atoms with E-state index in [1.165, 1.54) is 11.1 Å². The fourth-order valence-electron chi connectivity index (χ4n) is 3.19. The van der Waals surface area contributed by atoms with Gasteiger partial charge in [-0.2, -0.15) is 0 Å². The highest BCUT2D eigenvalue weighted by atomic mass is 16.3. The fraction of sp³-hybridized carbons (Fsp3) is 0.647.